The predicted molar refractivity (Wildman–Crippen MR) is 45.9 cm³/mol. The van der Waals surface area contributed by atoms with E-state index in [0.717, 1.165) is 5.25 Å². The molecule has 54 valence electrons. The summed E-state index contributed by atoms with van der Waals surface area (Å²) in [6, 6.07) is 0. The maximum atomic E-state index is 4.44. The molecular weight excluding hydrogens is 162 g/mol. The van der Waals surface area contributed by atoms with Crippen LogP contribution >= 0.6 is 23.1 Å². The van der Waals surface area contributed by atoms with Gasteiger partial charge in [-0.25, -0.2) is 4.98 Å². The van der Waals surface area contributed by atoms with E-state index in [1.165, 1.54) is 21.3 Å². The molecule has 0 radical (unpaired) electrons. The number of thioether (sulfide) groups is 1. The quantitative estimate of drug-likeness (QED) is 0.595. The number of nitrogens with zero attached hydrogens (tertiary/aromatic N) is 1. The van der Waals surface area contributed by atoms with E-state index in [9.17, 15) is 0 Å². The topological polar surface area (TPSA) is 12.9 Å². The lowest BCUT2D eigenvalue weighted by Crippen LogP contribution is -1.92. The fraction of sp³-hybridized carbons (Fsp3) is 0.571. The molecule has 0 saturated heterocycles. The van der Waals surface area contributed by atoms with Gasteiger partial charge in [0.05, 0.1) is 14.9 Å². The molecule has 1 aromatic rings. The van der Waals surface area contributed by atoms with Crippen LogP contribution in [0.1, 0.15) is 17.6 Å². The molecule has 1 unspecified atom stereocenters. The Kier molecular flexibility index (Phi) is 1.49. The zero-order chi connectivity index (χ0) is 7.14. The molecule has 0 aliphatic carbocycles. The second kappa shape index (κ2) is 2.24. The largest absolute Gasteiger partial charge is 0.245 e. The van der Waals surface area contributed by atoms with E-state index < -0.39 is 0 Å². The van der Waals surface area contributed by atoms with Crippen molar-refractivity contribution in [2.75, 3.05) is 0 Å². The monoisotopic (exact) mass is 171 g/mol. The van der Waals surface area contributed by atoms with Crippen molar-refractivity contribution >= 4 is 23.1 Å². The molecule has 0 fully saturated rings. The Balaban J connectivity index is 2.39. The van der Waals surface area contributed by atoms with Gasteiger partial charge < -0.3 is 0 Å². The number of hydrogen-bond donors (Lipinski definition) is 0. The Bertz CT molecular complexity index is 231. The third kappa shape index (κ3) is 0.974. The highest BCUT2D eigenvalue weighted by Gasteiger charge is 2.21. The number of hydrogen-bond acceptors (Lipinski definition) is 3. The maximum absolute atomic E-state index is 4.44. The zero-order valence-electron chi connectivity index (χ0n) is 6.05. The van der Waals surface area contributed by atoms with Crippen molar-refractivity contribution in [1.82, 2.24) is 4.98 Å². The molecule has 0 amide bonds. The Morgan fingerprint density at radius 1 is 1.60 bits per heavy atom. The summed E-state index contributed by atoms with van der Waals surface area (Å²) in [5, 5.41) is 1.97. The number of fused-ring (bicyclic) bond motifs is 1. The van der Waals surface area contributed by atoms with Crippen LogP contribution in [0.15, 0.2) is 4.21 Å². The SMILES string of the molecule is Cc1nc2c(s1)SC(C)C2. The Hall–Kier alpha value is -0.0200. The van der Waals surface area contributed by atoms with Crippen LogP contribution in [0.5, 0.6) is 0 Å². The molecule has 0 N–H and O–H groups in total. The van der Waals surface area contributed by atoms with Gasteiger partial charge in [-0.2, -0.15) is 0 Å². The minimum atomic E-state index is 0.759. The minimum Gasteiger partial charge on any atom is -0.245 e. The summed E-state index contributed by atoms with van der Waals surface area (Å²) >= 11 is 3.80. The average molecular weight is 171 g/mol. The molecule has 10 heavy (non-hydrogen) atoms. The van der Waals surface area contributed by atoms with Gasteiger partial charge in [-0.1, -0.05) is 6.92 Å². The van der Waals surface area contributed by atoms with Crippen LogP contribution in [0, 0.1) is 6.92 Å². The first-order valence-electron chi connectivity index (χ1n) is 3.38. The zero-order valence-corrected chi connectivity index (χ0v) is 7.68. The van der Waals surface area contributed by atoms with Gasteiger partial charge in [-0.15, -0.1) is 23.1 Å². The van der Waals surface area contributed by atoms with Crippen molar-refractivity contribution in [3.05, 3.63) is 10.7 Å². The van der Waals surface area contributed by atoms with Gasteiger partial charge in [0.25, 0.3) is 0 Å². The van der Waals surface area contributed by atoms with Crippen molar-refractivity contribution in [2.45, 2.75) is 29.7 Å². The van der Waals surface area contributed by atoms with Crippen LogP contribution < -0.4 is 0 Å². The van der Waals surface area contributed by atoms with Crippen LogP contribution in [0.4, 0.5) is 0 Å². The first-order chi connectivity index (χ1) is 4.75. The normalized spacial score (nSPS) is 23.2. The first-order valence-corrected chi connectivity index (χ1v) is 5.08. The van der Waals surface area contributed by atoms with Crippen molar-refractivity contribution in [1.29, 1.82) is 0 Å². The molecule has 0 saturated carbocycles. The number of aromatic nitrogens is 1. The van der Waals surface area contributed by atoms with Gasteiger partial charge in [0.15, 0.2) is 0 Å². The van der Waals surface area contributed by atoms with Gasteiger partial charge in [0.2, 0.25) is 0 Å². The molecule has 1 atom stereocenters. The van der Waals surface area contributed by atoms with E-state index in [1.54, 1.807) is 0 Å². The molecule has 1 aliphatic heterocycles. The Morgan fingerprint density at radius 2 is 2.40 bits per heavy atom. The Morgan fingerprint density at radius 3 is 3.10 bits per heavy atom. The second-order valence-electron chi connectivity index (χ2n) is 2.60. The lowest BCUT2D eigenvalue weighted by Gasteiger charge is -1.94. The fourth-order valence-corrected chi connectivity index (χ4v) is 3.76. The summed E-state index contributed by atoms with van der Waals surface area (Å²) < 4.78 is 1.45. The maximum Gasteiger partial charge on any atom is 0.0909 e. The molecule has 0 aromatic carbocycles. The smallest absolute Gasteiger partial charge is 0.0909 e. The Labute approximate surface area is 68.9 Å². The van der Waals surface area contributed by atoms with Crippen LogP contribution in [0.2, 0.25) is 0 Å². The van der Waals surface area contributed by atoms with Crippen molar-refractivity contribution < 1.29 is 0 Å². The van der Waals surface area contributed by atoms with Crippen LogP contribution in [0.3, 0.4) is 0 Å². The van der Waals surface area contributed by atoms with Gasteiger partial charge >= 0.3 is 0 Å². The van der Waals surface area contributed by atoms with Crippen molar-refractivity contribution in [3.8, 4) is 0 Å². The van der Waals surface area contributed by atoms with E-state index >= 15 is 0 Å². The molecule has 1 nitrogen and oxygen atoms in total. The summed E-state index contributed by atoms with van der Waals surface area (Å²) in [5.74, 6) is 0. The summed E-state index contributed by atoms with van der Waals surface area (Å²) in [6.07, 6.45) is 1.17. The lowest BCUT2D eigenvalue weighted by atomic mass is 10.3. The van der Waals surface area contributed by atoms with Crippen molar-refractivity contribution in [3.63, 3.8) is 0 Å². The van der Waals surface area contributed by atoms with Gasteiger partial charge in [-0.3, -0.25) is 0 Å². The average Bonchev–Trinajstić information content (AvgIpc) is 2.21. The van der Waals surface area contributed by atoms with Gasteiger partial charge in [0.1, 0.15) is 0 Å². The minimum absolute atomic E-state index is 0.759. The van der Waals surface area contributed by atoms with E-state index in [1.807, 2.05) is 23.1 Å². The standard InChI is InChI=1S/C7H9NS2/c1-4-3-6-7(9-4)10-5(2)8-6/h4H,3H2,1-2H3. The van der Waals surface area contributed by atoms with E-state index in [2.05, 4.69) is 18.8 Å². The van der Waals surface area contributed by atoms with E-state index in [-0.39, 0.29) is 0 Å². The molecule has 0 spiro atoms. The lowest BCUT2D eigenvalue weighted by molar-refractivity contribution is 0.920. The number of thiazole rings is 1. The molecule has 2 heterocycles. The van der Waals surface area contributed by atoms with Crippen LogP contribution in [0.25, 0.3) is 0 Å². The molecule has 1 aromatic heterocycles. The molecule has 3 heteroatoms. The third-order valence-electron chi connectivity index (χ3n) is 1.56. The van der Waals surface area contributed by atoms with Crippen LogP contribution in [-0.2, 0) is 6.42 Å². The highest BCUT2D eigenvalue weighted by atomic mass is 32.2. The predicted octanol–water partition coefficient (Wildman–Crippen LogP) is 2.49. The first kappa shape index (κ1) is 6.68. The van der Waals surface area contributed by atoms with Crippen LogP contribution in [-0.4, -0.2) is 10.2 Å². The molecular formula is C7H9NS2. The van der Waals surface area contributed by atoms with Gasteiger partial charge in [0, 0.05) is 11.7 Å². The highest BCUT2D eigenvalue weighted by Crippen LogP contribution is 2.40. The molecule has 1 aliphatic rings. The van der Waals surface area contributed by atoms with E-state index in [0.29, 0.717) is 0 Å². The summed E-state index contributed by atoms with van der Waals surface area (Å²) in [7, 11) is 0. The third-order valence-corrected chi connectivity index (χ3v) is 3.92. The summed E-state index contributed by atoms with van der Waals surface area (Å²) in [4.78, 5) is 4.44. The fourth-order valence-electron chi connectivity index (χ4n) is 1.17. The van der Waals surface area contributed by atoms with Gasteiger partial charge in [-0.05, 0) is 6.92 Å². The molecule has 2 rings (SSSR count). The van der Waals surface area contributed by atoms with Crippen molar-refractivity contribution in [2.24, 2.45) is 0 Å². The van der Waals surface area contributed by atoms with E-state index in [4.69, 9.17) is 0 Å². The summed E-state index contributed by atoms with van der Waals surface area (Å²) in [5.41, 5.74) is 1.33. The summed E-state index contributed by atoms with van der Waals surface area (Å²) in [6.45, 7) is 4.34. The number of aryl methyl sites for hydroxylation is 1. The second-order valence-corrected chi connectivity index (χ2v) is 5.51. The highest BCUT2D eigenvalue weighted by molar-refractivity contribution is 8.02. The number of rotatable bonds is 0. The molecule has 0 bridgehead atoms.